The molecule has 18 nitrogen and oxygen atoms in total. The number of aliphatic hydroxyl groups is 2. The molecule has 0 unspecified atom stereocenters. The highest BCUT2D eigenvalue weighted by atomic mass is 16.7. The van der Waals surface area contributed by atoms with E-state index in [0.29, 0.717) is 5.71 Å². The molecule has 1 aromatic carbocycles. The van der Waals surface area contributed by atoms with Crippen LogP contribution >= 0.6 is 0 Å². The first-order valence-corrected chi connectivity index (χ1v) is 20.0. The van der Waals surface area contributed by atoms with Gasteiger partial charge in [-0.3, -0.25) is 24.0 Å². The van der Waals surface area contributed by atoms with E-state index in [-0.39, 0.29) is 54.1 Å². The third-order valence-corrected chi connectivity index (χ3v) is 11.9. The van der Waals surface area contributed by atoms with Crippen molar-refractivity contribution in [2.75, 3.05) is 20.2 Å². The van der Waals surface area contributed by atoms with Crippen molar-refractivity contribution >= 4 is 41.0 Å². The molecule has 1 aliphatic carbocycles. The number of urea groups is 1. The van der Waals surface area contributed by atoms with Crippen LogP contribution in [-0.2, 0) is 23.8 Å². The first-order chi connectivity index (χ1) is 28.6. The smallest absolute Gasteiger partial charge is 0.332 e. The lowest BCUT2D eigenvalue weighted by Crippen LogP contribution is -2.46. The molecule has 9 atom stereocenters. The van der Waals surface area contributed by atoms with E-state index < -0.39 is 112 Å². The lowest BCUT2D eigenvalue weighted by Gasteiger charge is -2.38. The van der Waals surface area contributed by atoms with Crippen LogP contribution in [0.2, 0.25) is 0 Å². The minimum Gasteiger partial charge on any atom is -0.507 e. The molecule has 4 aliphatic heterocycles. The third kappa shape index (κ3) is 9.11. The second-order valence-electron chi connectivity index (χ2n) is 16.2. The number of phenolic OH excluding ortho intramolecular Hbond substituents is 1. The average Bonchev–Trinajstić information content (AvgIpc) is 3.48. The third-order valence-electron chi connectivity index (χ3n) is 11.9. The van der Waals surface area contributed by atoms with Gasteiger partial charge in [0.1, 0.15) is 29.0 Å². The number of benzene rings is 1. The number of methoxy groups -OCH3 is 1. The van der Waals surface area contributed by atoms with E-state index in [1.807, 2.05) is 0 Å². The van der Waals surface area contributed by atoms with Crippen LogP contribution in [0, 0.1) is 30.6 Å². The van der Waals surface area contributed by atoms with Gasteiger partial charge in [0.25, 0.3) is 11.7 Å². The van der Waals surface area contributed by atoms with E-state index in [1.165, 1.54) is 53.0 Å². The Kier molecular flexibility index (Phi) is 14.0. The average molecular weight is 850 g/mol. The largest absolute Gasteiger partial charge is 0.507 e. The molecule has 0 saturated carbocycles. The molecule has 18 heteroatoms. The van der Waals surface area contributed by atoms with Gasteiger partial charge < -0.3 is 50.2 Å². The zero-order valence-corrected chi connectivity index (χ0v) is 35.7. The fraction of sp³-hybridized carbons (Fsp3) is 0.512. The first-order valence-electron chi connectivity index (χ1n) is 20.0. The van der Waals surface area contributed by atoms with Gasteiger partial charge in [0.15, 0.2) is 0 Å². The second-order valence-corrected chi connectivity index (χ2v) is 16.2. The summed E-state index contributed by atoms with van der Waals surface area (Å²) in [6, 6.07) is -0.864. The van der Waals surface area contributed by atoms with E-state index >= 15 is 0 Å². The number of primary amides is 1. The predicted molar refractivity (Wildman–Crippen MR) is 219 cm³/mol. The number of hydrazone groups is 1. The number of nitrogens with zero attached hydrogens (tertiary/aromatic N) is 2. The molecule has 1 fully saturated rings. The number of Topliss-reactive ketones (excluding diaryl/α,β-unsaturated/α-hetero) is 3. The molecular weight excluding hydrogens is 794 g/mol. The standard InChI is InChI=1S/C43H55N5O13/c1-19-11-10-12-20(2)41(56)45-31-32(48-16-13-26(14-17-48)46-47-42(44)57)37(54)28-29(36(31)53)35(52)24(6)39-30(28)40(55)43(8,61-39)59-18-15-27(58-9)21(3)38(60-25(7)49)23(5)34(51)22(4)33(19)50/h10-12,15,18-19,21-23,27,33-34,38,50-52H,13-14,16-17H2,1-9H3,(H,45,56)(H3,44,47,57)/b11-10+,18-15+,20-12-/t19-,21-,22-,23-,27+,33+,34+,38+,43+/m1/s1. The fourth-order valence-corrected chi connectivity index (χ4v) is 8.21. The van der Waals surface area contributed by atoms with Crippen LogP contribution in [0.1, 0.15) is 97.9 Å². The summed E-state index contributed by atoms with van der Waals surface area (Å²) in [6.07, 6.45) is 3.67. The number of ether oxygens (including phenoxy) is 4. The number of carbonyl (C=O) groups excluding carboxylic acids is 6. The van der Waals surface area contributed by atoms with Crippen LogP contribution in [0.3, 0.4) is 0 Å². The second kappa shape index (κ2) is 18.4. The lowest BCUT2D eigenvalue weighted by molar-refractivity contribution is -0.160. The molecule has 0 radical (unpaired) electrons. The molecular formula is C43H55N5O13. The van der Waals surface area contributed by atoms with Crippen LogP contribution < -0.4 is 21.2 Å². The van der Waals surface area contributed by atoms with Gasteiger partial charge >= 0.3 is 17.8 Å². The number of rotatable bonds is 4. The maximum Gasteiger partial charge on any atom is 0.332 e. The lowest BCUT2D eigenvalue weighted by atomic mass is 9.78. The van der Waals surface area contributed by atoms with Gasteiger partial charge in [0, 0.05) is 87.4 Å². The number of aliphatic hydroxyl groups excluding tert-OH is 2. The first kappa shape index (κ1) is 46.2. The number of aromatic hydroxyl groups is 1. The zero-order valence-electron chi connectivity index (χ0n) is 35.7. The minimum absolute atomic E-state index is 0.0353. The Bertz CT molecular complexity index is 2150. The molecule has 0 spiro atoms. The van der Waals surface area contributed by atoms with Gasteiger partial charge in [-0.25, -0.2) is 10.2 Å². The van der Waals surface area contributed by atoms with E-state index in [9.17, 15) is 44.1 Å². The summed E-state index contributed by atoms with van der Waals surface area (Å²) in [5, 5.41) is 41.0. The maximum absolute atomic E-state index is 14.9. The van der Waals surface area contributed by atoms with Gasteiger partial charge in [-0.05, 0) is 19.9 Å². The number of hydrogen-bond acceptors (Lipinski definition) is 15. The molecule has 5 aliphatic rings. The Labute approximate surface area is 353 Å². The Hall–Kier alpha value is -5.85. The highest BCUT2D eigenvalue weighted by Gasteiger charge is 2.53. The number of phenols is 1. The Balaban J connectivity index is 1.66. The Morgan fingerprint density at radius 3 is 2.23 bits per heavy atom. The Morgan fingerprint density at radius 2 is 1.62 bits per heavy atom. The summed E-state index contributed by atoms with van der Waals surface area (Å²) in [4.78, 5) is 82.9. The summed E-state index contributed by atoms with van der Waals surface area (Å²) in [6.45, 7) is 12.4. The maximum atomic E-state index is 14.9. The number of piperidine rings is 1. The van der Waals surface area contributed by atoms with Crippen molar-refractivity contribution in [1.29, 1.82) is 0 Å². The van der Waals surface area contributed by atoms with Crippen molar-refractivity contribution in [1.82, 2.24) is 15.6 Å². The fourth-order valence-electron chi connectivity index (χ4n) is 8.21. The molecule has 1 saturated heterocycles. The molecule has 0 aromatic heterocycles. The summed E-state index contributed by atoms with van der Waals surface area (Å²) < 4.78 is 23.5. The molecule has 1 aromatic rings. The SMILES string of the molecule is CO[C@H]1/C=C/O[C@@]2(C)Oc3c(C)c(O)c4c(c3C2=O)C(=O)C(N2CCC(=NNC(N)=O)CC2)=C(NC(=O)/C(C)=C\C=C\[C@@H](C)[C@H](O)[C@@H](C)[C@H](O)[C@@H](C)[C@@H](OC(C)=O)[C@@H]1C)C4=O. The van der Waals surface area contributed by atoms with Gasteiger partial charge in [-0.1, -0.05) is 45.9 Å². The predicted octanol–water partition coefficient (Wildman–Crippen LogP) is 3.08. The number of likely N-dealkylation sites (tertiary alicyclic amines) is 1. The molecule has 6 rings (SSSR count). The number of nitrogens with two attached hydrogens (primary N) is 1. The van der Waals surface area contributed by atoms with Crippen LogP contribution in [0.4, 0.5) is 4.79 Å². The van der Waals surface area contributed by atoms with Crippen molar-refractivity contribution in [2.24, 2.45) is 34.5 Å². The van der Waals surface area contributed by atoms with E-state index in [2.05, 4.69) is 15.8 Å². The highest BCUT2D eigenvalue weighted by molar-refractivity contribution is 6.32. The van der Waals surface area contributed by atoms with E-state index in [1.54, 1.807) is 38.7 Å². The summed E-state index contributed by atoms with van der Waals surface area (Å²) in [5.41, 5.74) is 6.06. The van der Waals surface area contributed by atoms with Crippen molar-refractivity contribution in [2.45, 2.75) is 98.4 Å². The number of hydrogen-bond donors (Lipinski definition) is 6. The molecule has 7 N–H and O–H groups in total. The number of amides is 3. The number of ketones is 3. The van der Waals surface area contributed by atoms with Gasteiger partial charge in [0.2, 0.25) is 11.6 Å². The number of nitrogens with one attached hydrogen (secondary N) is 2. The quantitative estimate of drug-likeness (QED) is 0.188. The van der Waals surface area contributed by atoms with Gasteiger partial charge in [0.05, 0.1) is 41.3 Å². The molecule has 3 amide bonds. The van der Waals surface area contributed by atoms with Crippen LogP contribution in [0.15, 0.2) is 52.6 Å². The van der Waals surface area contributed by atoms with Gasteiger partial charge in [-0.15, -0.1) is 0 Å². The summed E-state index contributed by atoms with van der Waals surface area (Å²) in [7, 11) is 1.41. The Morgan fingerprint density at radius 1 is 0.967 bits per heavy atom. The zero-order chi connectivity index (χ0) is 45.2. The van der Waals surface area contributed by atoms with E-state index in [4.69, 9.17) is 24.7 Å². The molecule has 61 heavy (non-hydrogen) atoms. The number of fused-ring (bicyclic) bond motifs is 14. The minimum atomic E-state index is -2.12. The van der Waals surface area contributed by atoms with Crippen molar-refractivity contribution < 1.29 is 63.0 Å². The van der Waals surface area contributed by atoms with Crippen molar-refractivity contribution in [3.8, 4) is 11.5 Å². The summed E-state index contributed by atoms with van der Waals surface area (Å²) in [5.74, 6) is -9.57. The molecule has 4 heterocycles. The number of allylic oxidation sites excluding steroid dienone is 4. The van der Waals surface area contributed by atoms with Crippen molar-refractivity contribution in [3.05, 3.63) is 69.8 Å². The molecule has 330 valence electrons. The van der Waals surface area contributed by atoms with Crippen LogP contribution in [0.5, 0.6) is 11.5 Å². The van der Waals surface area contributed by atoms with E-state index in [0.717, 1.165) is 6.26 Å². The monoisotopic (exact) mass is 849 g/mol. The number of carbonyl (C=O) groups is 6. The van der Waals surface area contributed by atoms with Crippen LogP contribution in [-0.4, -0.2) is 112 Å². The van der Waals surface area contributed by atoms with Gasteiger partial charge in [-0.2, -0.15) is 5.10 Å². The molecule has 5 bridgehead atoms. The van der Waals surface area contributed by atoms with Crippen molar-refractivity contribution in [3.63, 3.8) is 0 Å². The summed E-state index contributed by atoms with van der Waals surface area (Å²) >= 11 is 0. The van der Waals surface area contributed by atoms with Crippen LogP contribution in [0.25, 0.3) is 0 Å². The number of esters is 1. The topological polar surface area (TPSA) is 266 Å². The normalized spacial score (nSPS) is 32.0. The highest BCUT2D eigenvalue weighted by Crippen LogP contribution is 2.49.